The van der Waals surface area contributed by atoms with Crippen LogP contribution in [0, 0.1) is 24.7 Å². The van der Waals surface area contributed by atoms with Gasteiger partial charge in [0.05, 0.1) is 10.7 Å². The van der Waals surface area contributed by atoms with Crippen molar-refractivity contribution in [3.63, 3.8) is 0 Å². The molecule has 2 bridgehead atoms. The van der Waals surface area contributed by atoms with E-state index in [0.29, 0.717) is 22.3 Å². The second-order valence-electron chi connectivity index (χ2n) is 6.47. The minimum absolute atomic E-state index is 0.103. The number of aromatic nitrogens is 2. The maximum Gasteiger partial charge on any atom is 0.271 e. The highest BCUT2D eigenvalue weighted by Crippen LogP contribution is 2.49. The number of carbonyl (C=O) groups excluding carboxylic acids is 1. The number of carbonyl (C=O) groups is 1. The summed E-state index contributed by atoms with van der Waals surface area (Å²) in [4.78, 5) is 12.4. The van der Waals surface area contributed by atoms with Crippen LogP contribution in [0.15, 0.2) is 0 Å². The van der Waals surface area contributed by atoms with E-state index in [0.717, 1.165) is 11.8 Å². The van der Waals surface area contributed by atoms with E-state index in [2.05, 4.69) is 17.3 Å². The van der Waals surface area contributed by atoms with E-state index in [9.17, 15) is 4.79 Å². The van der Waals surface area contributed by atoms with Gasteiger partial charge < -0.3 is 5.32 Å². The molecule has 5 heteroatoms. The Labute approximate surface area is 124 Å². The summed E-state index contributed by atoms with van der Waals surface area (Å²) < 4.78 is 1.57. The lowest BCUT2D eigenvalue weighted by Crippen LogP contribution is -2.40. The monoisotopic (exact) mass is 295 g/mol. The summed E-state index contributed by atoms with van der Waals surface area (Å²) in [7, 11) is 1.76. The molecule has 3 rings (SSSR count). The van der Waals surface area contributed by atoms with Gasteiger partial charge in [-0.3, -0.25) is 9.48 Å². The molecular weight excluding hydrogens is 274 g/mol. The Morgan fingerprint density at radius 1 is 1.45 bits per heavy atom. The molecule has 1 heterocycles. The van der Waals surface area contributed by atoms with Gasteiger partial charge in [0.15, 0.2) is 0 Å². The van der Waals surface area contributed by atoms with Crippen LogP contribution in [-0.4, -0.2) is 21.7 Å². The number of hydrogen-bond donors (Lipinski definition) is 1. The number of fused-ring (bicyclic) bond motifs is 2. The van der Waals surface area contributed by atoms with Gasteiger partial charge in [-0.25, -0.2) is 0 Å². The molecule has 0 radical (unpaired) electrons. The summed E-state index contributed by atoms with van der Waals surface area (Å²) in [5.74, 6) is 2.23. The van der Waals surface area contributed by atoms with Crippen molar-refractivity contribution in [3.8, 4) is 0 Å². The Balaban J connectivity index is 1.69. The lowest BCUT2D eigenvalue weighted by Gasteiger charge is -2.28. The minimum atomic E-state index is -0.103. The van der Waals surface area contributed by atoms with Crippen molar-refractivity contribution in [1.82, 2.24) is 15.1 Å². The molecule has 2 aliphatic carbocycles. The van der Waals surface area contributed by atoms with Gasteiger partial charge in [-0.2, -0.15) is 5.10 Å². The molecule has 2 aliphatic rings. The van der Waals surface area contributed by atoms with Gasteiger partial charge in [0.2, 0.25) is 0 Å². The first-order valence-electron chi connectivity index (χ1n) is 7.47. The zero-order valence-electron chi connectivity index (χ0n) is 12.3. The predicted molar refractivity (Wildman–Crippen MR) is 78.8 cm³/mol. The van der Waals surface area contributed by atoms with Crippen molar-refractivity contribution >= 4 is 17.5 Å². The van der Waals surface area contributed by atoms with Crippen LogP contribution in [0.5, 0.6) is 0 Å². The first kappa shape index (κ1) is 13.9. The number of aryl methyl sites for hydroxylation is 2. The molecule has 20 heavy (non-hydrogen) atoms. The van der Waals surface area contributed by atoms with Crippen LogP contribution < -0.4 is 5.32 Å². The third kappa shape index (κ3) is 2.24. The van der Waals surface area contributed by atoms with E-state index in [-0.39, 0.29) is 11.9 Å². The Morgan fingerprint density at radius 2 is 2.20 bits per heavy atom. The quantitative estimate of drug-likeness (QED) is 0.932. The van der Waals surface area contributed by atoms with E-state index in [1.807, 2.05) is 6.92 Å². The summed E-state index contributed by atoms with van der Waals surface area (Å²) >= 11 is 6.17. The molecule has 0 saturated heterocycles. The molecule has 4 unspecified atom stereocenters. The fraction of sp³-hybridized carbons (Fsp3) is 0.733. The average Bonchev–Trinajstić information content (AvgIpc) is 3.05. The van der Waals surface area contributed by atoms with E-state index in [1.54, 1.807) is 11.7 Å². The van der Waals surface area contributed by atoms with Gasteiger partial charge in [-0.15, -0.1) is 0 Å². The number of halogens is 1. The Hall–Kier alpha value is -1.03. The molecule has 2 fully saturated rings. The SMILES string of the molecule is Cc1nn(C)c(C(=O)NC(C)C2CC3CCC2C3)c1Cl. The van der Waals surface area contributed by atoms with Crippen LogP contribution in [0.3, 0.4) is 0 Å². The highest BCUT2D eigenvalue weighted by molar-refractivity contribution is 6.34. The van der Waals surface area contributed by atoms with Crippen LogP contribution in [-0.2, 0) is 7.05 Å². The van der Waals surface area contributed by atoms with Crippen LogP contribution in [0.2, 0.25) is 5.02 Å². The zero-order chi connectivity index (χ0) is 14.4. The predicted octanol–water partition coefficient (Wildman–Crippen LogP) is 2.94. The smallest absolute Gasteiger partial charge is 0.271 e. The molecule has 1 aromatic rings. The molecule has 0 aromatic carbocycles. The van der Waals surface area contributed by atoms with Gasteiger partial charge in [-0.05, 0) is 50.9 Å². The van der Waals surface area contributed by atoms with Crippen LogP contribution in [0.1, 0.15) is 48.8 Å². The number of nitrogens with one attached hydrogen (secondary N) is 1. The third-order valence-electron chi connectivity index (χ3n) is 5.16. The number of rotatable bonds is 3. The van der Waals surface area contributed by atoms with Crippen LogP contribution in [0.4, 0.5) is 0 Å². The summed E-state index contributed by atoms with van der Waals surface area (Å²) in [6.07, 6.45) is 5.34. The molecule has 0 spiro atoms. The highest BCUT2D eigenvalue weighted by Gasteiger charge is 2.42. The van der Waals surface area contributed by atoms with Crippen molar-refractivity contribution in [1.29, 1.82) is 0 Å². The summed E-state index contributed by atoms with van der Waals surface area (Å²) in [5, 5.41) is 7.80. The van der Waals surface area contributed by atoms with Crippen LogP contribution in [0.25, 0.3) is 0 Å². The number of hydrogen-bond acceptors (Lipinski definition) is 2. The summed E-state index contributed by atoms with van der Waals surface area (Å²) in [6.45, 7) is 3.94. The maximum absolute atomic E-state index is 12.4. The first-order valence-corrected chi connectivity index (χ1v) is 7.85. The fourth-order valence-corrected chi connectivity index (χ4v) is 4.41. The Bertz CT molecular complexity index is 539. The lowest BCUT2D eigenvalue weighted by molar-refractivity contribution is 0.0906. The third-order valence-corrected chi connectivity index (χ3v) is 5.61. The van der Waals surface area contributed by atoms with Crippen molar-refractivity contribution in [2.24, 2.45) is 24.8 Å². The topological polar surface area (TPSA) is 46.9 Å². The van der Waals surface area contributed by atoms with E-state index >= 15 is 0 Å². The molecule has 4 nitrogen and oxygen atoms in total. The second-order valence-corrected chi connectivity index (χ2v) is 6.85. The minimum Gasteiger partial charge on any atom is -0.348 e. The Morgan fingerprint density at radius 3 is 2.70 bits per heavy atom. The normalized spacial score (nSPS) is 29.7. The van der Waals surface area contributed by atoms with Crippen LogP contribution >= 0.6 is 11.6 Å². The highest BCUT2D eigenvalue weighted by atomic mass is 35.5. The molecule has 0 aliphatic heterocycles. The molecule has 1 amide bonds. The standard InChI is InChI=1S/C15H22ClN3O/c1-8(12-7-10-4-5-11(12)6-10)17-15(20)14-13(16)9(2)18-19(14)3/h8,10-12H,4-7H2,1-3H3,(H,17,20). The molecule has 2 saturated carbocycles. The average molecular weight is 296 g/mol. The van der Waals surface area contributed by atoms with Crippen molar-refractivity contribution < 1.29 is 4.79 Å². The molecular formula is C15H22ClN3O. The van der Waals surface area contributed by atoms with Gasteiger partial charge in [0, 0.05) is 13.1 Å². The van der Waals surface area contributed by atoms with E-state index in [4.69, 9.17) is 11.6 Å². The van der Waals surface area contributed by atoms with E-state index in [1.165, 1.54) is 25.7 Å². The lowest BCUT2D eigenvalue weighted by atomic mass is 9.84. The molecule has 1 N–H and O–H groups in total. The molecule has 4 atom stereocenters. The Kier molecular flexibility index (Phi) is 3.53. The van der Waals surface area contributed by atoms with E-state index < -0.39 is 0 Å². The van der Waals surface area contributed by atoms with Gasteiger partial charge in [0.25, 0.3) is 5.91 Å². The van der Waals surface area contributed by atoms with Gasteiger partial charge in [-0.1, -0.05) is 18.0 Å². The maximum atomic E-state index is 12.4. The van der Waals surface area contributed by atoms with Crippen molar-refractivity contribution in [2.75, 3.05) is 0 Å². The summed E-state index contributed by atoms with van der Waals surface area (Å²) in [5.41, 5.74) is 1.17. The largest absolute Gasteiger partial charge is 0.348 e. The zero-order valence-corrected chi connectivity index (χ0v) is 13.1. The number of nitrogens with zero attached hydrogens (tertiary/aromatic N) is 2. The second kappa shape index (κ2) is 5.06. The summed E-state index contributed by atoms with van der Waals surface area (Å²) in [6, 6.07) is 0.212. The van der Waals surface area contributed by atoms with Crippen molar-refractivity contribution in [2.45, 2.75) is 45.6 Å². The molecule has 1 aromatic heterocycles. The molecule has 110 valence electrons. The number of amides is 1. The van der Waals surface area contributed by atoms with Gasteiger partial charge >= 0.3 is 0 Å². The first-order chi connectivity index (χ1) is 9.47. The van der Waals surface area contributed by atoms with Gasteiger partial charge in [0.1, 0.15) is 5.69 Å². The fourth-order valence-electron chi connectivity index (χ4n) is 4.17. The van der Waals surface area contributed by atoms with Crippen molar-refractivity contribution in [3.05, 3.63) is 16.4 Å².